The molecule has 1 nitrogen and oxygen atoms in total. The van der Waals surface area contributed by atoms with E-state index >= 15 is 0 Å². The van der Waals surface area contributed by atoms with E-state index in [1.807, 2.05) is 0 Å². The summed E-state index contributed by atoms with van der Waals surface area (Å²) in [7, 11) is 0. The van der Waals surface area contributed by atoms with Crippen molar-refractivity contribution < 1.29 is 0 Å². The van der Waals surface area contributed by atoms with Crippen molar-refractivity contribution in [1.29, 1.82) is 0 Å². The molecule has 2 N–H and O–H groups in total. The Morgan fingerprint density at radius 3 is 1.77 bits per heavy atom. The third kappa shape index (κ3) is 4.61. The van der Waals surface area contributed by atoms with Gasteiger partial charge in [-0.2, -0.15) is 0 Å². The standard InChI is InChI=1S/C19H29NS2/c20-18-14-8-7-13-17(18)19(21-15-9-3-1-4-10-15)22-16-11-5-2-6-12-16/h7-8,13-16,19H,1-6,9-12,20H2. The Kier molecular flexibility index (Phi) is 6.43. The highest BCUT2D eigenvalue weighted by atomic mass is 32.2. The van der Waals surface area contributed by atoms with Crippen molar-refractivity contribution in [2.45, 2.75) is 79.3 Å². The summed E-state index contributed by atoms with van der Waals surface area (Å²) in [5.74, 6) is 0. The zero-order valence-electron chi connectivity index (χ0n) is 13.5. The van der Waals surface area contributed by atoms with Gasteiger partial charge >= 0.3 is 0 Å². The van der Waals surface area contributed by atoms with E-state index in [-0.39, 0.29) is 0 Å². The predicted molar refractivity (Wildman–Crippen MR) is 103 cm³/mol. The van der Waals surface area contributed by atoms with Gasteiger partial charge in [-0.1, -0.05) is 56.7 Å². The van der Waals surface area contributed by atoms with E-state index < -0.39 is 0 Å². The summed E-state index contributed by atoms with van der Waals surface area (Å²) in [4.78, 5) is 0. The molecule has 122 valence electrons. The largest absolute Gasteiger partial charge is 0.398 e. The maximum Gasteiger partial charge on any atom is 0.0776 e. The van der Waals surface area contributed by atoms with Crippen molar-refractivity contribution in [3.63, 3.8) is 0 Å². The predicted octanol–water partition coefficient (Wildman–Crippen LogP) is 6.40. The molecule has 0 heterocycles. The highest BCUT2D eigenvalue weighted by Gasteiger charge is 2.26. The van der Waals surface area contributed by atoms with Gasteiger partial charge in [-0.05, 0) is 37.3 Å². The van der Waals surface area contributed by atoms with Crippen LogP contribution in [-0.2, 0) is 0 Å². The molecule has 0 radical (unpaired) electrons. The number of nitrogens with two attached hydrogens (primary N) is 1. The van der Waals surface area contributed by atoms with Crippen LogP contribution < -0.4 is 5.73 Å². The van der Waals surface area contributed by atoms with Gasteiger partial charge in [0.05, 0.1) is 4.58 Å². The molecule has 1 aromatic rings. The Balaban J connectivity index is 1.70. The third-order valence-electron chi connectivity index (χ3n) is 4.99. The lowest BCUT2D eigenvalue weighted by atomic mass is 10.0. The van der Waals surface area contributed by atoms with Gasteiger partial charge in [0.15, 0.2) is 0 Å². The summed E-state index contributed by atoms with van der Waals surface area (Å²) in [5.41, 5.74) is 8.66. The second-order valence-corrected chi connectivity index (χ2v) is 9.87. The van der Waals surface area contributed by atoms with Gasteiger partial charge in [0, 0.05) is 16.2 Å². The molecule has 22 heavy (non-hydrogen) atoms. The number of benzene rings is 1. The fourth-order valence-electron chi connectivity index (χ4n) is 3.66. The lowest BCUT2D eigenvalue weighted by Crippen LogP contribution is -2.14. The Morgan fingerprint density at radius 2 is 1.27 bits per heavy atom. The van der Waals surface area contributed by atoms with Crippen LogP contribution in [-0.4, -0.2) is 10.5 Å². The van der Waals surface area contributed by atoms with Gasteiger partial charge < -0.3 is 5.73 Å². The molecule has 0 spiro atoms. The number of thioether (sulfide) groups is 2. The smallest absolute Gasteiger partial charge is 0.0776 e. The van der Waals surface area contributed by atoms with Crippen LogP contribution in [0.3, 0.4) is 0 Å². The van der Waals surface area contributed by atoms with Gasteiger partial charge in [0.1, 0.15) is 0 Å². The Morgan fingerprint density at radius 1 is 0.773 bits per heavy atom. The summed E-state index contributed by atoms with van der Waals surface area (Å²) < 4.78 is 0.535. The number of anilines is 1. The molecule has 0 atom stereocenters. The van der Waals surface area contributed by atoms with Crippen LogP contribution in [0.1, 0.15) is 74.4 Å². The quantitative estimate of drug-likeness (QED) is 0.498. The molecule has 0 unspecified atom stereocenters. The van der Waals surface area contributed by atoms with Crippen molar-refractivity contribution in [3.8, 4) is 0 Å². The molecule has 0 amide bonds. The highest BCUT2D eigenvalue weighted by molar-refractivity contribution is 8.16. The first-order valence-electron chi connectivity index (χ1n) is 8.98. The summed E-state index contributed by atoms with van der Waals surface area (Å²) in [6.45, 7) is 0. The normalized spacial score (nSPS) is 21.3. The Bertz CT molecular complexity index is 431. The molecular weight excluding hydrogens is 306 g/mol. The minimum absolute atomic E-state index is 0.535. The molecule has 2 aliphatic carbocycles. The van der Waals surface area contributed by atoms with Gasteiger partial charge in [0.2, 0.25) is 0 Å². The second kappa shape index (κ2) is 8.54. The van der Waals surface area contributed by atoms with Crippen LogP contribution in [0.2, 0.25) is 0 Å². The molecule has 3 rings (SSSR count). The third-order valence-corrected chi connectivity index (χ3v) is 8.37. The van der Waals surface area contributed by atoms with Crippen molar-refractivity contribution >= 4 is 29.2 Å². The van der Waals surface area contributed by atoms with Crippen molar-refractivity contribution in [1.82, 2.24) is 0 Å². The average Bonchev–Trinajstić information content (AvgIpc) is 2.57. The van der Waals surface area contributed by atoms with E-state index in [4.69, 9.17) is 5.73 Å². The number of hydrogen-bond donors (Lipinski definition) is 1. The molecule has 2 aliphatic rings. The zero-order valence-corrected chi connectivity index (χ0v) is 15.1. The highest BCUT2D eigenvalue weighted by Crippen LogP contribution is 2.50. The monoisotopic (exact) mass is 335 g/mol. The molecule has 1 aromatic carbocycles. The fraction of sp³-hybridized carbons (Fsp3) is 0.684. The Labute approximate surface area is 144 Å². The van der Waals surface area contributed by atoms with Crippen molar-refractivity contribution in [2.75, 3.05) is 5.73 Å². The van der Waals surface area contributed by atoms with E-state index in [2.05, 4.69) is 47.8 Å². The summed E-state index contributed by atoms with van der Waals surface area (Å²) in [5, 5.41) is 1.68. The van der Waals surface area contributed by atoms with E-state index in [0.29, 0.717) is 4.58 Å². The summed E-state index contributed by atoms with van der Waals surface area (Å²) in [6, 6.07) is 8.55. The molecule has 2 fully saturated rings. The topological polar surface area (TPSA) is 26.0 Å². The van der Waals surface area contributed by atoms with Gasteiger partial charge in [-0.25, -0.2) is 0 Å². The Hall–Kier alpha value is -0.280. The van der Waals surface area contributed by atoms with Gasteiger partial charge in [-0.3, -0.25) is 0 Å². The first kappa shape index (κ1) is 16.6. The first-order chi connectivity index (χ1) is 10.8. The summed E-state index contributed by atoms with van der Waals surface area (Å²) >= 11 is 4.42. The van der Waals surface area contributed by atoms with Crippen LogP contribution >= 0.6 is 23.5 Å². The number of para-hydroxylation sites is 1. The van der Waals surface area contributed by atoms with Crippen molar-refractivity contribution in [2.24, 2.45) is 0 Å². The maximum absolute atomic E-state index is 6.31. The molecule has 0 bridgehead atoms. The van der Waals surface area contributed by atoms with Gasteiger partial charge in [0.25, 0.3) is 0 Å². The van der Waals surface area contributed by atoms with Crippen molar-refractivity contribution in [3.05, 3.63) is 29.8 Å². The van der Waals surface area contributed by atoms with Crippen LogP contribution in [0.5, 0.6) is 0 Å². The molecular formula is C19H29NS2. The number of nitrogen functional groups attached to an aromatic ring is 1. The zero-order chi connectivity index (χ0) is 15.2. The van der Waals surface area contributed by atoms with Gasteiger partial charge in [-0.15, -0.1) is 23.5 Å². The van der Waals surface area contributed by atoms with E-state index in [0.717, 1.165) is 16.2 Å². The molecule has 3 heteroatoms. The molecule has 0 saturated heterocycles. The SMILES string of the molecule is Nc1ccccc1C(SC1CCCCC1)SC1CCCCC1. The van der Waals surface area contributed by atoms with E-state index in [1.165, 1.54) is 69.8 Å². The molecule has 0 aliphatic heterocycles. The molecule has 0 aromatic heterocycles. The lowest BCUT2D eigenvalue weighted by Gasteiger charge is -2.30. The van der Waals surface area contributed by atoms with E-state index in [1.54, 1.807) is 0 Å². The minimum Gasteiger partial charge on any atom is -0.398 e. The first-order valence-corrected chi connectivity index (χ1v) is 10.9. The van der Waals surface area contributed by atoms with Crippen LogP contribution in [0.15, 0.2) is 24.3 Å². The number of hydrogen-bond acceptors (Lipinski definition) is 3. The van der Waals surface area contributed by atoms with E-state index in [9.17, 15) is 0 Å². The van der Waals surface area contributed by atoms with Crippen LogP contribution in [0.4, 0.5) is 5.69 Å². The minimum atomic E-state index is 0.535. The fourth-order valence-corrected chi connectivity index (χ4v) is 7.49. The maximum atomic E-state index is 6.31. The number of rotatable bonds is 5. The van der Waals surface area contributed by atoms with Crippen LogP contribution in [0, 0.1) is 0 Å². The second-order valence-electron chi connectivity index (χ2n) is 6.75. The summed E-state index contributed by atoms with van der Waals surface area (Å²) in [6.07, 6.45) is 14.2. The molecule has 2 saturated carbocycles. The average molecular weight is 336 g/mol. The lowest BCUT2D eigenvalue weighted by molar-refractivity contribution is 0.513. The van der Waals surface area contributed by atoms with Crippen LogP contribution in [0.25, 0.3) is 0 Å².